The minimum Gasteiger partial charge on any atom is -0.323 e. The molecule has 0 aliphatic heterocycles. The van der Waals surface area contributed by atoms with E-state index in [0.29, 0.717) is 17.4 Å². The Morgan fingerprint density at radius 3 is 2.36 bits per heavy atom. The average Bonchev–Trinajstić information content (AvgIpc) is 2.79. The number of benzene rings is 1. The summed E-state index contributed by atoms with van der Waals surface area (Å²) in [4.78, 5) is 7.18. The normalized spacial score (nSPS) is 12.1. The summed E-state index contributed by atoms with van der Waals surface area (Å²) in [6, 6.07) is 9.57. The molecule has 1 heterocycles. The van der Waals surface area contributed by atoms with Crippen LogP contribution >= 0.6 is 11.3 Å². The molecule has 0 saturated heterocycles. The largest absolute Gasteiger partial charge is 0.323 e. The minimum absolute atomic E-state index is 0.585. The fraction of sp³-hybridized carbons (Fsp3) is 0.444. The fourth-order valence-corrected chi connectivity index (χ4v) is 3.49. The van der Waals surface area contributed by atoms with Crippen LogP contribution in [0.2, 0.25) is 0 Å². The Hall–Kier alpha value is -1.86. The van der Waals surface area contributed by atoms with E-state index in [9.17, 15) is 0 Å². The van der Waals surface area contributed by atoms with Crippen molar-refractivity contribution in [2.24, 2.45) is 16.8 Å². The molecule has 0 atom stereocenters. The van der Waals surface area contributed by atoms with Gasteiger partial charge in [0.1, 0.15) is 0 Å². The first-order valence-electron chi connectivity index (χ1n) is 7.72. The smallest absolute Gasteiger partial charge is 0.190 e. The Kier molecular flexibility index (Phi) is 5.57. The average molecular weight is 313 g/mol. The summed E-state index contributed by atoms with van der Waals surface area (Å²) < 4.78 is 2.26. The van der Waals surface area contributed by atoms with E-state index >= 15 is 0 Å². The second-order valence-electron chi connectivity index (χ2n) is 6.39. The molecule has 0 unspecified atom stereocenters. The van der Waals surface area contributed by atoms with Gasteiger partial charge in [0.05, 0.1) is 17.3 Å². The molecular weight excluding hydrogens is 290 g/mol. The van der Waals surface area contributed by atoms with Gasteiger partial charge < -0.3 is 4.57 Å². The Labute approximate surface area is 136 Å². The summed E-state index contributed by atoms with van der Waals surface area (Å²) >= 11 is 1.77. The van der Waals surface area contributed by atoms with Gasteiger partial charge in [0, 0.05) is 17.6 Å². The Morgan fingerprint density at radius 1 is 1.14 bits per heavy atom. The van der Waals surface area contributed by atoms with Gasteiger partial charge in [-0.25, -0.2) is 4.99 Å². The van der Waals surface area contributed by atoms with E-state index in [1.165, 1.54) is 4.88 Å². The molecule has 0 aliphatic rings. The topological polar surface area (TPSA) is 41.1 Å². The van der Waals surface area contributed by atoms with E-state index in [0.717, 1.165) is 23.5 Å². The highest BCUT2D eigenvalue weighted by Crippen LogP contribution is 2.15. The van der Waals surface area contributed by atoms with Gasteiger partial charge in [0.15, 0.2) is 4.80 Å². The maximum Gasteiger partial charge on any atom is 0.190 e. The zero-order chi connectivity index (χ0) is 16.1. The minimum atomic E-state index is 0.585. The fourth-order valence-electron chi connectivity index (χ4n) is 2.26. The lowest BCUT2D eigenvalue weighted by atomic mass is 10.1. The molecule has 4 heteroatoms. The number of hydrogen-bond acceptors (Lipinski definition) is 3. The lowest BCUT2D eigenvalue weighted by Crippen LogP contribution is -2.16. The summed E-state index contributed by atoms with van der Waals surface area (Å²) in [5.74, 6) is 1.23. The van der Waals surface area contributed by atoms with E-state index in [2.05, 4.69) is 44.5 Å². The predicted molar refractivity (Wildman–Crippen MR) is 92.1 cm³/mol. The highest BCUT2D eigenvalue weighted by Gasteiger charge is 2.07. The molecule has 0 spiro atoms. The number of hydrogen-bond donors (Lipinski definition) is 0. The molecular formula is C18H23N3S. The van der Waals surface area contributed by atoms with Crippen LogP contribution in [-0.4, -0.2) is 4.57 Å². The van der Waals surface area contributed by atoms with Gasteiger partial charge in [0.25, 0.3) is 0 Å². The molecule has 0 fully saturated rings. The molecule has 1 aromatic carbocycles. The highest BCUT2D eigenvalue weighted by molar-refractivity contribution is 7.09. The molecule has 1 aromatic heterocycles. The second kappa shape index (κ2) is 7.42. The third-order valence-electron chi connectivity index (χ3n) is 3.16. The van der Waals surface area contributed by atoms with Crippen LogP contribution in [0.4, 0.5) is 5.69 Å². The lowest BCUT2D eigenvalue weighted by molar-refractivity contribution is 0.512. The van der Waals surface area contributed by atoms with Crippen molar-refractivity contribution in [1.82, 2.24) is 4.57 Å². The molecule has 0 amide bonds. The van der Waals surface area contributed by atoms with Gasteiger partial charge in [0.2, 0.25) is 0 Å². The Bertz CT molecular complexity index is 712. The van der Waals surface area contributed by atoms with Crippen molar-refractivity contribution in [3.63, 3.8) is 0 Å². The van der Waals surface area contributed by atoms with Crippen molar-refractivity contribution < 1.29 is 0 Å². The maximum absolute atomic E-state index is 8.87. The van der Waals surface area contributed by atoms with Crippen LogP contribution in [0.15, 0.2) is 35.5 Å². The molecule has 0 aliphatic carbocycles. The number of nitriles is 1. The third kappa shape index (κ3) is 4.57. The zero-order valence-corrected chi connectivity index (χ0v) is 14.5. The monoisotopic (exact) mass is 313 g/mol. The van der Waals surface area contributed by atoms with Crippen molar-refractivity contribution >= 4 is 17.0 Å². The SMILES string of the molecule is CC(C)Cc1cn(CC(C)C)c(=Nc2ccc(C#N)cc2)s1. The summed E-state index contributed by atoms with van der Waals surface area (Å²) in [6.45, 7) is 9.90. The van der Waals surface area contributed by atoms with Crippen molar-refractivity contribution in [3.8, 4) is 6.07 Å². The van der Waals surface area contributed by atoms with E-state index in [1.807, 2.05) is 24.3 Å². The summed E-state index contributed by atoms with van der Waals surface area (Å²) in [5.41, 5.74) is 1.56. The number of thiazole rings is 1. The van der Waals surface area contributed by atoms with Gasteiger partial charge >= 0.3 is 0 Å². The first-order valence-corrected chi connectivity index (χ1v) is 8.53. The van der Waals surface area contributed by atoms with Crippen LogP contribution in [0.3, 0.4) is 0 Å². The molecule has 2 aromatic rings. The molecule has 3 nitrogen and oxygen atoms in total. The van der Waals surface area contributed by atoms with E-state index in [4.69, 9.17) is 10.3 Å². The summed E-state index contributed by atoms with van der Waals surface area (Å²) in [7, 11) is 0. The van der Waals surface area contributed by atoms with Crippen molar-refractivity contribution in [2.75, 3.05) is 0 Å². The highest BCUT2D eigenvalue weighted by atomic mass is 32.1. The molecule has 22 heavy (non-hydrogen) atoms. The van der Waals surface area contributed by atoms with Crippen LogP contribution in [-0.2, 0) is 13.0 Å². The molecule has 0 N–H and O–H groups in total. The molecule has 0 saturated carbocycles. The maximum atomic E-state index is 8.87. The van der Waals surface area contributed by atoms with Crippen LogP contribution in [0.1, 0.15) is 38.1 Å². The van der Waals surface area contributed by atoms with Crippen molar-refractivity contribution in [3.05, 3.63) is 45.7 Å². The molecule has 0 radical (unpaired) electrons. The Morgan fingerprint density at radius 2 is 1.82 bits per heavy atom. The van der Waals surface area contributed by atoms with Crippen molar-refractivity contribution in [2.45, 2.75) is 40.7 Å². The second-order valence-corrected chi connectivity index (χ2v) is 7.49. The molecule has 0 bridgehead atoms. The summed E-state index contributed by atoms with van der Waals surface area (Å²) in [6.07, 6.45) is 3.33. The first-order chi connectivity index (χ1) is 10.5. The van der Waals surface area contributed by atoms with Crippen LogP contribution in [0.5, 0.6) is 0 Å². The van der Waals surface area contributed by atoms with Gasteiger partial charge in [-0.15, -0.1) is 11.3 Å². The third-order valence-corrected chi connectivity index (χ3v) is 4.20. The van der Waals surface area contributed by atoms with Crippen LogP contribution in [0, 0.1) is 23.2 Å². The van der Waals surface area contributed by atoms with Gasteiger partial charge in [-0.3, -0.25) is 0 Å². The number of aromatic nitrogens is 1. The van der Waals surface area contributed by atoms with Crippen molar-refractivity contribution in [1.29, 1.82) is 5.26 Å². The van der Waals surface area contributed by atoms with Gasteiger partial charge in [-0.2, -0.15) is 5.26 Å². The standard InChI is InChI=1S/C18H23N3S/c1-13(2)9-17-12-21(11-14(3)4)18(22-17)20-16-7-5-15(10-19)6-8-16/h5-8,12-14H,9,11H2,1-4H3. The quantitative estimate of drug-likeness (QED) is 0.800. The van der Waals surface area contributed by atoms with Gasteiger partial charge in [-0.1, -0.05) is 27.7 Å². The lowest BCUT2D eigenvalue weighted by Gasteiger charge is -2.06. The predicted octanol–water partition coefficient (Wildman–Crippen LogP) is 4.51. The molecule has 116 valence electrons. The zero-order valence-electron chi connectivity index (χ0n) is 13.7. The van der Waals surface area contributed by atoms with E-state index in [-0.39, 0.29) is 0 Å². The number of nitrogens with zero attached hydrogens (tertiary/aromatic N) is 3. The molecule has 2 rings (SSSR count). The van der Waals surface area contributed by atoms with Crippen LogP contribution < -0.4 is 4.80 Å². The van der Waals surface area contributed by atoms with E-state index in [1.54, 1.807) is 11.3 Å². The summed E-state index contributed by atoms with van der Waals surface area (Å²) in [5, 5.41) is 8.87. The Balaban J connectivity index is 2.39. The van der Waals surface area contributed by atoms with Crippen LogP contribution in [0.25, 0.3) is 0 Å². The first kappa shape index (κ1) is 16.5. The van der Waals surface area contributed by atoms with Gasteiger partial charge in [-0.05, 0) is 42.5 Å². The number of rotatable bonds is 5. The van der Waals surface area contributed by atoms with E-state index < -0.39 is 0 Å².